The van der Waals surface area contributed by atoms with Gasteiger partial charge in [-0.25, -0.2) is 4.98 Å². The Balaban J connectivity index is 1.36. The summed E-state index contributed by atoms with van der Waals surface area (Å²) in [6, 6.07) is 0.436. The van der Waals surface area contributed by atoms with E-state index >= 15 is 0 Å². The molecule has 0 aromatic carbocycles. The van der Waals surface area contributed by atoms with Gasteiger partial charge in [0.25, 0.3) is 0 Å². The third-order valence-corrected chi connectivity index (χ3v) is 6.76. The molecule has 0 bridgehead atoms. The van der Waals surface area contributed by atoms with E-state index in [1.807, 2.05) is 18.7 Å². The maximum absolute atomic E-state index is 12.3. The molecule has 1 aromatic rings. The Hall–Kier alpha value is -1.63. The summed E-state index contributed by atoms with van der Waals surface area (Å²) in [5.41, 5.74) is 1.18. The Bertz CT molecular complexity index is 690. The van der Waals surface area contributed by atoms with E-state index in [1.54, 1.807) is 11.3 Å². The summed E-state index contributed by atoms with van der Waals surface area (Å²) in [4.78, 5) is 34.9. The van der Waals surface area contributed by atoms with Crippen molar-refractivity contribution in [2.24, 2.45) is 11.8 Å². The number of piperazine rings is 1. The summed E-state index contributed by atoms with van der Waals surface area (Å²) >= 11 is 1.74. The number of aryl methyl sites for hydroxylation is 1. The molecule has 0 radical (unpaired) electrons. The first-order valence-corrected chi connectivity index (χ1v) is 10.7. The number of carbonyl (C=O) groups excluding carboxylic acids is 2. The van der Waals surface area contributed by atoms with Gasteiger partial charge in [-0.1, -0.05) is 13.8 Å². The summed E-state index contributed by atoms with van der Waals surface area (Å²) in [7, 11) is 0. The van der Waals surface area contributed by atoms with Gasteiger partial charge in [0.2, 0.25) is 11.8 Å². The van der Waals surface area contributed by atoms with Crippen molar-refractivity contribution in [3.63, 3.8) is 0 Å². The van der Waals surface area contributed by atoms with Crippen molar-refractivity contribution in [3.05, 3.63) is 10.6 Å². The zero-order valence-electron chi connectivity index (χ0n) is 15.7. The van der Waals surface area contributed by atoms with E-state index in [-0.39, 0.29) is 23.7 Å². The molecule has 1 aromatic heterocycles. The number of amides is 2. The van der Waals surface area contributed by atoms with Crippen LogP contribution in [0.25, 0.3) is 0 Å². The van der Waals surface area contributed by atoms with Crippen LogP contribution in [0.3, 0.4) is 0 Å². The van der Waals surface area contributed by atoms with Crippen molar-refractivity contribution in [1.29, 1.82) is 0 Å². The van der Waals surface area contributed by atoms with Crippen LogP contribution in [-0.2, 0) is 22.4 Å². The second-order valence-electron chi connectivity index (χ2n) is 8.06. The van der Waals surface area contributed by atoms with Crippen LogP contribution >= 0.6 is 11.3 Å². The molecule has 2 aliphatic carbocycles. The fourth-order valence-electron chi connectivity index (χ4n) is 3.75. The number of carbonyl (C=O) groups is 2. The van der Waals surface area contributed by atoms with Crippen LogP contribution in [0.15, 0.2) is 0 Å². The highest BCUT2D eigenvalue weighted by Crippen LogP contribution is 2.35. The number of thiazole rings is 1. The average molecular weight is 377 g/mol. The van der Waals surface area contributed by atoms with Crippen LogP contribution < -0.4 is 10.2 Å². The first-order valence-electron chi connectivity index (χ1n) is 9.84. The monoisotopic (exact) mass is 376 g/mol. The molecule has 6 nitrogen and oxygen atoms in total. The van der Waals surface area contributed by atoms with Crippen molar-refractivity contribution in [2.45, 2.75) is 52.0 Å². The number of nitrogens with one attached hydrogen (secondary N) is 1. The molecule has 7 heteroatoms. The van der Waals surface area contributed by atoms with E-state index in [2.05, 4.69) is 10.2 Å². The van der Waals surface area contributed by atoms with Crippen molar-refractivity contribution in [3.8, 4) is 0 Å². The van der Waals surface area contributed by atoms with Crippen molar-refractivity contribution < 1.29 is 9.59 Å². The highest BCUT2D eigenvalue weighted by Gasteiger charge is 2.32. The quantitative estimate of drug-likeness (QED) is 0.871. The van der Waals surface area contributed by atoms with Gasteiger partial charge in [0, 0.05) is 48.9 Å². The summed E-state index contributed by atoms with van der Waals surface area (Å²) < 4.78 is 0. The highest BCUT2D eigenvalue weighted by molar-refractivity contribution is 7.15. The Labute approximate surface area is 159 Å². The lowest BCUT2D eigenvalue weighted by Crippen LogP contribution is -2.49. The van der Waals surface area contributed by atoms with Gasteiger partial charge in [-0.15, -0.1) is 11.3 Å². The SMILES string of the molecule is CC(C)C(=O)N1CCN(c2nc3c(s2)C[C@@H](C(=O)NC2CC2)CC3)CC1. The maximum Gasteiger partial charge on any atom is 0.225 e. The van der Waals surface area contributed by atoms with Crippen LogP contribution in [0, 0.1) is 11.8 Å². The van der Waals surface area contributed by atoms with Gasteiger partial charge in [0.1, 0.15) is 0 Å². The van der Waals surface area contributed by atoms with Gasteiger partial charge < -0.3 is 15.1 Å². The molecular formula is C19H28N4O2S. The van der Waals surface area contributed by atoms with Crippen molar-refractivity contribution in [2.75, 3.05) is 31.1 Å². The second kappa shape index (κ2) is 7.18. The van der Waals surface area contributed by atoms with E-state index in [0.29, 0.717) is 6.04 Å². The van der Waals surface area contributed by atoms with Gasteiger partial charge >= 0.3 is 0 Å². The fourth-order valence-corrected chi connectivity index (χ4v) is 4.99. The van der Waals surface area contributed by atoms with Gasteiger partial charge in [0.05, 0.1) is 5.69 Å². The fraction of sp³-hybridized carbons (Fsp3) is 0.737. The van der Waals surface area contributed by atoms with Gasteiger partial charge in [-0.3, -0.25) is 9.59 Å². The maximum atomic E-state index is 12.3. The first kappa shape index (κ1) is 17.8. The van der Waals surface area contributed by atoms with Crippen molar-refractivity contribution in [1.82, 2.24) is 15.2 Å². The number of aromatic nitrogens is 1. The van der Waals surface area contributed by atoms with Crippen LogP contribution in [0.5, 0.6) is 0 Å². The van der Waals surface area contributed by atoms with E-state index < -0.39 is 0 Å². The zero-order valence-corrected chi connectivity index (χ0v) is 16.5. The van der Waals surface area contributed by atoms with Crippen LogP contribution in [-0.4, -0.2) is 53.9 Å². The third kappa shape index (κ3) is 3.72. The van der Waals surface area contributed by atoms with E-state index in [1.165, 1.54) is 10.6 Å². The van der Waals surface area contributed by atoms with E-state index in [4.69, 9.17) is 4.98 Å². The number of anilines is 1. The summed E-state index contributed by atoms with van der Waals surface area (Å²) in [6.45, 7) is 7.15. The molecule has 1 aliphatic heterocycles. The topological polar surface area (TPSA) is 65.5 Å². The van der Waals surface area contributed by atoms with E-state index in [9.17, 15) is 9.59 Å². The van der Waals surface area contributed by atoms with Crippen molar-refractivity contribution >= 4 is 28.3 Å². The lowest BCUT2D eigenvalue weighted by Gasteiger charge is -2.35. The van der Waals surface area contributed by atoms with Gasteiger partial charge in [-0.2, -0.15) is 0 Å². The minimum atomic E-state index is 0.0624. The molecule has 4 rings (SSSR count). The molecule has 0 unspecified atom stereocenters. The first-order chi connectivity index (χ1) is 12.5. The normalized spacial score (nSPS) is 23.1. The van der Waals surface area contributed by atoms with Crippen LogP contribution in [0.2, 0.25) is 0 Å². The number of hydrogen-bond donors (Lipinski definition) is 1. The molecule has 3 aliphatic rings. The standard InChI is InChI=1S/C19H28N4O2S/c1-12(2)18(25)22-7-9-23(10-8-22)19-21-15-6-3-13(11-16(15)26-19)17(24)20-14-4-5-14/h12-14H,3-11H2,1-2H3,(H,20,24)/t13-/m0/s1. The Kier molecular flexibility index (Phi) is 4.90. The van der Waals surface area contributed by atoms with Gasteiger partial charge in [0.15, 0.2) is 5.13 Å². The number of rotatable bonds is 4. The highest BCUT2D eigenvalue weighted by atomic mass is 32.1. The third-order valence-electron chi connectivity index (χ3n) is 5.58. The Morgan fingerprint density at radius 2 is 1.88 bits per heavy atom. The number of hydrogen-bond acceptors (Lipinski definition) is 5. The Morgan fingerprint density at radius 3 is 2.54 bits per heavy atom. The lowest BCUT2D eigenvalue weighted by molar-refractivity contribution is -0.134. The summed E-state index contributed by atoms with van der Waals surface area (Å²) in [5, 5.41) is 4.21. The second-order valence-corrected chi connectivity index (χ2v) is 9.12. The van der Waals surface area contributed by atoms with Crippen LogP contribution in [0.1, 0.15) is 43.7 Å². The molecule has 0 spiro atoms. The molecular weight excluding hydrogens is 348 g/mol. The number of nitrogens with zero attached hydrogens (tertiary/aromatic N) is 3. The predicted molar refractivity (Wildman–Crippen MR) is 102 cm³/mol. The smallest absolute Gasteiger partial charge is 0.225 e. The van der Waals surface area contributed by atoms with E-state index in [0.717, 1.165) is 63.4 Å². The molecule has 26 heavy (non-hydrogen) atoms. The molecule has 2 fully saturated rings. The Morgan fingerprint density at radius 1 is 1.15 bits per heavy atom. The summed E-state index contributed by atoms with van der Waals surface area (Å²) in [6.07, 6.45) is 4.92. The lowest BCUT2D eigenvalue weighted by atomic mass is 9.90. The minimum absolute atomic E-state index is 0.0624. The molecule has 142 valence electrons. The predicted octanol–water partition coefficient (Wildman–Crippen LogP) is 1.83. The summed E-state index contributed by atoms with van der Waals surface area (Å²) in [5.74, 6) is 0.644. The molecule has 2 heterocycles. The molecule has 2 amide bonds. The molecule has 1 N–H and O–H groups in total. The number of fused-ring (bicyclic) bond motifs is 1. The van der Waals surface area contributed by atoms with Gasteiger partial charge in [-0.05, 0) is 32.1 Å². The zero-order chi connectivity index (χ0) is 18.3. The average Bonchev–Trinajstić information content (AvgIpc) is 3.35. The molecule has 1 atom stereocenters. The largest absolute Gasteiger partial charge is 0.353 e. The molecule has 1 saturated carbocycles. The minimum Gasteiger partial charge on any atom is -0.353 e. The molecule has 1 saturated heterocycles. The van der Waals surface area contributed by atoms with Crippen LogP contribution in [0.4, 0.5) is 5.13 Å².